The van der Waals surface area contributed by atoms with Gasteiger partial charge in [0.1, 0.15) is 11.5 Å². The smallest absolute Gasteiger partial charge is 0.308 e. The molecule has 0 aliphatic rings. The van der Waals surface area contributed by atoms with E-state index in [-0.39, 0.29) is 5.97 Å². The molecule has 0 spiro atoms. The highest BCUT2D eigenvalue weighted by atomic mass is 16.5. The fourth-order valence-electron chi connectivity index (χ4n) is 2.00. The van der Waals surface area contributed by atoms with Crippen molar-refractivity contribution in [2.24, 2.45) is 0 Å². The lowest BCUT2D eigenvalue weighted by Gasteiger charge is -2.04. The molecule has 0 amide bonds. The summed E-state index contributed by atoms with van der Waals surface area (Å²) < 4.78 is 10.3. The van der Waals surface area contributed by atoms with Gasteiger partial charge in [0.05, 0.1) is 7.11 Å². The Hall–Kier alpha value is -2.55. The molecule has 0 saturated heterocycles. The van der Waals surface area contributed by atoms with Crippen LogP contribution in [-0.2, 0) is 4.79 Å². The van der Waals surface area contributed by atoms with Gasteiger partial charge >= 0.3 is 5.97 Å². The first kappa shape index (κ1) is 14.9. The molecule has 0 bridgehead atoms. The Balaban J connectivity index is 2.13. The average Bonchev–Trinajstić information content (AvgIpc) is 2.45. The second-order valence-corrected chi connectivity index (χ2v) is 4.78. The number of aryl methyl sites for hydroxylation is 1. The summed E-state index contributed by atoms with van der Waals surface area (Å²) in [7, 11) is 1.66. The van der Waals surface area contributed by atoms with Crippen LogP contribution in [0.1, 0.15) is 23.6 Å². The van der Waals surface area contributed by atoms with Gasteiger partial charge in [-0.15, -0.1) is 0 Å². The van der Waals surface area contributed by atoms with Crippen LogP contribution >= 0.6 is 0 Å². The van der Waals surface area contributed by atoms with Gasteiger partial charge < -0.3 is 9.47 Å². The number of carbonyl (C=O) groups excluding carboxylic acids is 1. The molecule has 3 heteroatoms. The molecule has 0 heterocycles. The van der Waals surface area contributed by atoms with E-state index in [1.54, 1.807) is 19.2 Å². The minimum Gasteiger partial charge on any atom is -0.497 e. The number of methoxy groups -OCH3 is 1. The molecule has 0 aliphatic heterocycles. The van der Waals surface area contributed by atoms with Crippen LogP contribution in [0.3, 0.4) is 0 Å². The monoisotopic (exact) mass is 282 g/mol. The Kier molecular flexibility index (Phi) is 4.77. The molecule has 3 nitrogen and oxygen atoms in total. The van der Waals surface area contributed by atoms with E-state index in [4.69, 9.17) is 9.47 Å². The van der Waals surface area contributed by atoms with E-state index in [1.165, 1.54) is 6.92 Å². The summed E-state index contributed by atoms with van der Waals surface area (Å²) in [5.74, 6) is 1.09. The van der Waals surface area contributed by atoms with Crippen LogP contribution in [0, 0.1) is 6.92 Å². The summed E-state index contributed by atoms with van der Waals surface area (Å²) >= 11 is 0. The number of esters is 1. The van der Waals surface area contributed by atoms with E-state index >= 15 is 0 Å². The Bertz CT molecular complexity index is 655. The van der Waals surface area contributed by atoms with Crippen molar-refractivity contribution in [3.63, 3.8) is 0 Å². The summed E-state index contributed by atoms with van der Waals surface area (Å²) in [5, 5.41) is 0. The van der Waals surface area contributed by atoms with Gasteiger partial charge in [-0.05, 0) is 47.9 Å². The van der Waals surface area contributed by atoms with Crippen molar-refractivity contribution in [3.05, 3.63) is 59.2 Å². The summed E-state index contributed by atoms with van der Waals surface area (Å²) in [5.41, 5.74) is 3.27. The highest BCUT2D eigenvalue weighted by Crippen LogP contribution is 2.19. The maximum atomic E-state index is 10.9. The SMILES string of the molecule is COc1cc(C)cc(/C=C/c2ccc(OC(C)=O)cc2)c1. The molecule has 2 aromatic rings. The Morgan fingerprint density at radius 2 is 1.62 bits per heavy atom. The van der Waals surface area contributed by atoms with Crippen molar-refractivity contribution < 1.29 is 14.3 Å². The first-order chi connectivity index (χ1) is 10.1. The lowest BCUT2D eigenvalue weighted by Crippen LogP contribution is -2.00. The zero-order chi connectivity index (χ0) is 15.2. The van der Waals surface area contributed by atoms with Gasteiger partial charge in [-0.3, -0.25) is 4.79 Å². The van der Waals surface area contributed by atoms with Crippen molar-refractivity contribution in [3.8, 4) is 11.5 Å². The van der Waals surface area contributed by atoms with Crippen LogP contribution in [-0.4, -0.2) is 13.1 Å². The quantitative estimate of drug-likeness (QED) is 0.481. The first-order valence-corrected chi connectivity index (χ1v) is 6.69. The Morgan fingerprint density at radius 1 is 0.952 bits per heavy atom. The molecule has 21 heavy (non-hydrogen) atoms. The number of hydrogen-bond donors (Lipinski definition) is 0. The zero-order valence-corrected chi connectivity index (χ0v) is 12.4. The van der Waals surface area contributed by atoms with Crippen molar-refractivity contribution in [2.45, 2.75) is 13.8 Å². The maximum Gasteiger partial charge on any atom is 0.308 e. The van der Waals surface area contributed by atoms with E-state index in [9.17, 15) is 4.79 Å². The normalized spacial score (nSPS) is 10.6. The fourth-order valence-corrected chi connectivity index (χ4v) is 2.00. The van der Waals surface area contributed by atoms with E-state index in [0.717, 1.165) is 22.4 Å². The number of ether oxygens (including phenoxy) is 2. The lowest BCUT2D eigenvalue weighted by molar-refractivity contribution is -0.131. The molecule has 0 aliphatic carbocycles. The van der Waals surface area contributed by atoms with E-state index in [2.05, 4.69) is 6.07 Å². The Labute approximate surface area is 124 Å². The third kappa shape index (κ3) is 4.49. The molecule has 0 radical (unpaired) electrons. The van der Waals surface area contributed by atoms with Gasteiger partial charge in [-0.1, -0.05) is 30.4 Å². The lowest BCUT2D eigenvalue weighted by atomic mass is 10.1. The van der Waals surface area contributed by atoms with Crippen LogP contribution < -0.4 is 9.47 Å². The van der Waals surface area contributed by atoms with Crippen molar-refractivity contribution in [1.29, 1.82) is 0 Å². The molecular formula is C18H18O3. The van der Waals surface area contributed by atoms with E-state index < -0.39 is 0 Å². The molecule has 0 atom stereocenters. The van der Waals surface area contributed by atoms with Gasteiger partial charge in [0.25, 0.3) is 0 Å². The van der Waals surface area contributed by atoms with Gasteiger partial charge in [0.15, 0.2) is 0 Å². The molecule has 108 valence electrons. The van der Waals surface area contributed by atoms with Crippen molar-refractivity contribution in [2.75, 3.05) is 7.11 Å². The molecule has 0 unspecified atom stereocenters. The van der Waals surface area contributed by atoms with Crippen molar-refractivity contribution in [1.82, 2.24) is 0 Å². The van der Waals surface area contributed by atoms with Crippen LogP contribution in [0.5, 0.6) is 11.5 Å². The molecular weight excluding hydrogens is 264 g/mol. The van der Waals surface area contributed by atoms with Gasteiger partial charge in [0, 0.05) is 6.92 Å². The second-order valence-electron chi connectivity index (χ2n) is 4.78. The zero-order valence-electron chi connectivity index (χ0n) is 12.4. The number of hydrogen-bond acceptors (Lipinski definition) is 3. The van der Waals surface area contributed by atoms with E-state index in [1.807, 2.05) is 43.3 Å². The van der Waals surface area contributed by atoms with Crippen LogP contribution in [0.15, 0.2) is 42.5 Å². The summed E-state index contributed by atoms with van der Waals surface area (Å²) in [6.07, 6.45) is 4.03. The topological polar surface area (TPSA) is 35.5 Å². The summed E-state index contributed by atoms with van der Waals surface area (Å²) in [6.45, 7) is 3.42. The number of carbonyl (C=O) groups is 1. The summed E-state index contributed by atoms with van der Waals surface area (Å²) in [4.78, 5) is 10.9. The third-order valence-corrected chi connectivity index (χ3v) is 2.92. The maximum absolute atomic E-state index is 10.9. The molecule has 0 N–H and O–H groups in total. The van der Waals surface area contributed by atoms with Crippen LogP contribution in [0.25, 0.3) is 12.2 Å². The molecule has 2 aromatic carbocycles. The fraction of sp³-hybridized carbons (Fsp3) is 0.167. The summed E-state index contributed by atoms with van der Waals surface area (Å²) in [6, 6.07) is 13.4. The minimum atomic E-state index is -0.315. The molecule has 0 fully saturated rings. The van der Waals surface area contributed by atoms with Gasteiger partial charge in [0.2, 0.25) is 0 Å². The largest absolute Gasteiger partial charge is 0.497 e. The van der Waals surface area contributed by atoms with E-state index in [0.29, 0.717) is 5.75 Å². The van der Waals surface area contributed by atoms with Crippen LogP contribution in [0.2, 0.25) is 0 Å². The first-order valence-electron chi connectivity index (χ1n) is 6.69. The molecule has 0 saturated carbocycles. The molecule has 2 rings (SSSR count). The Morgan fingerprint density at radius 3 is 2.24 bits per heavy atom. The standard InChI is InChI=1S/C18H18O3/c1-13-10-16(12-18(11-13)20-3)5-4-15-6-8-17(9-7-15)21-14(2)19/h4-12H,1-3H3/b5-4+. The highest BCUT2D eigenvalue weighted by molar-refractivity contribution is 5.72. The van der Waals surface area contributed by atoms with Gasteiger partial charge in [-0.25, -0.2) is 0 Å². The molecule has 0 aromatic heterocycles. The minimum absolute atomic E-state index is 0.315. The number of rotatable bonds is 4. The predicted octanol–water partition coefficient (Wildman–Crippen LogP) is 4.10. The average molecular weight is 282 g/mol. The number of benzene rings is 2. The predicted molar refractivity (Wildman–Crippen MR) is 84.4 cm³/mol. The third-order valence-electron chi connectivity index (χ3n) is 2.92. The van der Waals surface area contributed by atoms with Crippen LogP contribution in [0.4, 0.5) is 0 Å². The highest BCUT2D eigenvalue weighted by Gasteiger charge is 1.98. The van der Waals surface area contributed by atoms with Crippen molar-refractivity contribution >= 4 is 18.1 Å². The second kappa shape index (κ2) is 6.75. The van der Waals surface area contributed by atoms with Gasteiger partial charge in [-0.2, -0.15) is 0 Å².